The Morgan fingerprint density at radius 2 is 1.54 bits per heavy atom. The van der Waals surface area contributed by atoms with Crippen LogP contribution in [0.2, 0.25) is 0 Å². The third-order valence-electron chi connectivity index (χ3n) is 11.2. The van der Waals surface area contributed by atoms with Gasteiger partial charge >= 0.3 is 0 Å². The first-order valence-corrected chi connectivity index (χ1v) is 16.0. The average molecular weight is 518 g/mol. The molecule has 5 heteroatoms. The molecule has 2 aromatic carbocycles. The average Bonchev–Trinajstić information content (AvgIpc) is 3.27. The Bertz CT molecular complexity index is 1100. The molecular formula is C32H43N3OS. The molecule has 1 atom stereocenters. The van der Waals surface area contributed by atoms with E-state index in [9.17, 15) is 0 Å². The highest BCUT2D eigenvalue weighted by atomic mass is 32.2. The predicted octanol–water partition coefficient (Wildman–Crippen LogP) is 6.30. The Morgan fingerprint density at radius 1 is 0.865 bits per heavy atom. The summed E-state index contributed by atoms with van der Waals surface area (Å²) in [6, 6.07) is 14.4. The number of hydrogen-bond acceptors (Lipinski definition) is 5. The van der Waals surface area contributed by atoms with Crippen LogP contribution in [0.15, 0.2) is 41.3 Å². The van der Waals surface area contributed by atoms with Gasteiger partial charge in [0.2, 0.25) is 0 Å². The van der Waals surface area contributed by atoms with E-state index in [-0.39, 0.29) is 0 Å². The molecule has 0 radical (unpaired) electrons. The van der Waals surface area contributed by atoms with Crippen LogP contribution in [0.1, 0.15) is 51.4 Å². The molecular weight excluding hydrogens is 474 g/mol. The molecule has 0 amide bonds. The number of rotatable bonds is 6. The van der Waals surface area contributed by atoms with Crippen LogP contribution in [0, 0.1) is 29.1 Å². The summed E-state index contributed by atoms with van der Waals surface area (Å²) in [5, 5.41) is 2.86. The van der Waals surface area contributed by atoms with Gasteiger partial charge in [0.1, 0.15) is 0 Å². The maximum Gasteiger partial charge on any atom is 0.0594 e. The van der Waals surface area contributed by atoms with Crippen LogP contribution in [0.25, 0.3) is 10.8 Å². The van der Waals surface area contributed by atoms with Gasteiger partial charge in [-0.25, -0.2) is 0 Å². The zero-order valence-electron chi connectivity index (χ0n) is 22.3. The normalized spacial score (nSPS) is 35.0. The van der Waals surface area contributed by atoms with Gasteiger partial charge in [0.05, 0.1) is 18.9 Å². The van der Waals surface area contributed by atoms with Crippen molar-refractivity contribution in [3.8, 4) is 0 Å². The highest BCUT2D eigenvalue weighted by molar-refractivity contribution is 8.01. The first-order chi connectivity index (χ1) is 18.2. The largest absolute Gasteiger partial charge is 0.379 e. The smallest absolute Gasteiger partial charge is 0.0594 e. The summed E-state index contributed by atoms with van der Waals surface area (Å²) in [5.74, 6) is 3.90. The molecule has 198 valence electrons. The van der Waals surface area contributed by atoms with Gasteiger partial charge in [-0.3, -0.25) is 4.90 Å². The fourth-order valence-corrected chi connectivity index (χ4v) is 11.1. The van der Waals surface area contributed by atoms with E-state index < -0.39 is 0 Å². The van der Waals surface area contributed by atoms with Crippen LogP contribution in [-0.4, -0.2) is 68.3 Å². The van der Waals surface area contributed by atoms with Crippen molar-refractivity contribution in [3.63, 3.8) is 0 Å². The summed E-state index contributed by atoms with van der Waals surface area (Å²) in [6.07, 6.45) is 11.9. The number of morpholine rings is 1. The summed E-state index contributed by atoms with van der Waals surface area (Å²) >= 11 is 1.97. The molecule has 37 heavy (non-hydrogen) atoms. The number of likely N-dealkylation sites (tertiary alicyclic amines) is 1. The standard InChI is InChI=1S/C32H43N3OS/c1-3-27-4-2-6-29-31(27)28(5-1)35(37-29)21-23-7-9-33(10-8-23)22-30(34-11-13-36-14-12-34)32-18-24-15-25(19-32)17-26(16-24)20-32/h1-6,23-26,30H,7-22H2. The maximum absolute atomic E-state index is 5.82. The first kappa shape index (κ1) is 23.6. The minimum Gasteiger partial charge on any atom is -0.379 e. The lowest BCUT2D eigenvalue weighted by molar-refractivity contribution is -0.122. The zero-order valence-corrected chi connectivity index (χ0v) is 23.1. The number of piperidine rings is 1. The maximum atomic E-state index is 5.82. The zero-order chi connectivity index (χ0) is 24.4. The second-order valence-electron chi connectivity index (χ2n) is 13.5. The van der Waals surface area contributed by atoms with Gasteiger partial charge in [0, 0.05) is 42.5 Å². The second kappa shape index (κ2) is 9.43. The van der Waals surface area contributed by atoms with Crippen molar-refractivity contribution >= 4 is 28.4 Å². The van der Waals surface area contributed by atoms with Crippen LogP contribution >= 0.6 is 11.9 Å². The number of hydrogen-bond donors (Lipinski definition) is 0. The number of anilines is 1. The highest BCUT2D eigenvalue weighted by Crippen LogP contribution is 2.62. The van der Waals surface area contributed by atoms with E-state index in [2.05, 4.69) is 50.5 Å². The molecule has 0 spiro atoms. The summed E-state index contributed by atoms with van der Waals surface area (Å²) in [6.45, 7) is 9.25. The summed E-state index contributed by atoms with van der Waals surface area (Å²) in [7, 11) is 0. The molecule has 2 saturated heterocycles. The van der Waals surface area contributed by atoms with Crippen LogP contribution in [0.4, 0.5) is 5.69 Å². The second-order valence-corrected chi connectivity index (χ2v) is 14.5. The van der Waals surface area contributed by atoms with Crippen LogP contribution < -0.4 is 4.31 Å². The molecule has 0 N–H and O–H groups in total. The van der Waals surface area contributed by atoms with Gasteiger partial charge in [-0.05, 0) is 123 Å². The van der Waals surface area contributed by atoms with Gasteiger partial charge < -0.3 is 13.9 Å². The van der Waals surface area contributed by atoms with E-state index in [1.807, 2.05) is 11.9 Å². The minimum atomic E-state index is 0.597. The Balaban J connectivity index is 0.944. The fourth-order valence-electron chi connectivity index (χ4n) is 9.88. The van der Waals surface area contributed by atoms with E-state index in [4.69, 9.17) is 4.74 Å². The molecule has 4 saturated carbocycles. The molecule has 9 rings (SSSR count). The summed E-state index contributed by atoms with van der Waals surface area (Å²) < 4.78 is 8.42. The van der Waals surface area contributed by atoms with Crippen LogP contribution in [-0.2, 0) is 4.74 Å². The third-order valence-corrected chi connectivity index (χ3v) is 12.3. The lowest BCUT2D eigenvalue weighted by Gasteiger charge is -2.62. The van der Waals surface area contributed by atoms with Gasteiger partial charge in [0.25, 0.3) is 0 Å². The van der Waals surface area contributed by atoms with Crippen molar-refractivity contribution in [2.45, 2.75) is 62.3 Å². The quantitative estimate of drug-likeness (QED) is 0.418. The van der Waals surface area contributed by atoms with Gasteiger partial charge in [-0.2, -0.15) is 0 Å². The molecule has 7 aliphatic rings. The van der Waals surface area contributed by atoms with E-state index >= 15 is 0 Å². The van der Waals surface area contributed by atoms with E-state index in [0.29, 0.717) is 5.41 Å². The Labute approximate surface area is 227 Å². The van der Waals surface area contributed by atoms with Gasteiger partial charge in [-0.1, -0.05) is 24.3 Å². The molecule has 3 heterocycles. The lowest BCUT2D eigenvalue weighted by atomic mass is 9.47. The minimum absolute atomic E-state index is 0.597. The van der Waals surface area contributed by atoms with Crippen molar-refractivity contribution < 1.29 is 4.74 Å². The SMILES string of the molecule is c1cc2c3c(cccc3c1)N(CC1CCN(CC(N3CCOCC3)C34CC5CC(CC(C5)C3)C4)CC1)S2. The van der Waals surface area contributed by atoms with E-state index in [0.717, 1.165) is 56.0 Å². The number of nitrogens with zero attached hydrogens (tertiary/aromatic N) is 3. The van der Waals surface area contributed by atoms with Crippen LogP contribution in [0.3, 0.4) is 0 Å². The highest BCUT2D eigenvalue weighted by Gasteiger charge is 2.55. The van der Waals surface area contributed by atoms with Crippen molar-refractivity contribution in [2.24, 2.45) is 29.1 Å². The first-order valence-electron chi connectivity index (χ1n) is 15.2. The Kier molecular flexibility index (Phi) is 6.02. The summed E-state index contributed by atoms with van der Waals surface area (Å²) in [5.41, 5.74) is 2.04. The number of ether oxygens (including phenoxy) is 1. The molecule has 6 fully saturated rings. The predicted molar refractivity (Wildman–Crippen MR) is 153 cm³/mol. The molecule has 4 nitrogen and oxygen atoms in total. The van der Waals surface area contributed by atoms with E-state index in [1.165, 1.54) is 79.6 Å². The molecule has 3 aliphatic heterocycles. The topological polar surface area (TPSA) is 19.0 Å². The van der Waals surface area contributed by atoms with E-state index in [1.54, 1.807) is 19.3 Å². The van der Waals surface area contributed by atoms with Crippen molar-refractivity contribution in [1.29, 1.82) is 0 Å². The van der Waals surface area contributed by atoms with Crippen LogP contribution in [0.5, 0.6) is 0 Å². The third kappa shape index (κ3) is 4.23. The Morgan fingerprint density at radius 3 is 2.24 bits per heavy atom. The van der Waals surface area contributed by atoms with Crippen molar-refractivity contribution in [3.05, 3.63) is 36.4 Å². The summed E-state index contributed by atoms with van der Waals surface area (Å²) in [4.78, 5) is 7.21. The molecule has 4 aliphatic carbocycles. The monoisotopic (exact) mass is 517 g/mol. The van der Waals surface area contributed by atoms with Gasteiger partial charge in [-0.15, -0.1) is 0 Å². The molecule has 1 unspecified atom stereocenters. The van der Waals surface area contributed by atoms with Crippen molar-refractivity contribution in [2.75, 3.05) is 56.8 Å². The van der Waals surface area contributed by atoms with Crippen molar-refractivity contribution in [1.82, 2.24) is 9.80 Å². The Hall–Kier alpha value is -1.27. The molecule has 2 aromatic rings. The molecule has 4 bridgehead atoms. The van der Waals surface area contributed by atoms with Gasteiger partial charge in [0.15, 0.2) is 0 Å². The lowest BCUT2D eigenvalue weighted by Crippen LogP contribution is -2.62. The fraction of sp³-hybridized carbons (Fsp3) is 0.688. The molecule has 0 aromatic heterocycles. The number of benzene rings is 2.